The Labute approximate surface area is 79.3 Å². The van der Waals surface area contributed by atoms with Crippen molar-refractivity contribution < 1.29 is 22.4 Å². The van der Waals surface area contributed by atoms with Gasteiger partial charge in [-0.3, -0.25) is 0 Å². The average molecular weight is 159 g/mol. The Balaban J connectivity index is 3.82. The van der Waals surface area contributed by atoms with Crippen LogP contribution in [-0.4, -0.2) is 17.2 Å². The molecule has 0 bridgehead atoms. The summed E-state index contributed by atoms with van der Waals surface area (Å²) in [6.07, 6.45) is -3.13. The molecule has 11 heavy (non-hydrogen) atoms. The fourth-order valence-corrected chi connectivity index (χ4v) is 0.550. The van der Waals surface area contributed by atoms with E-state index in [0.29, 0.717) is 0 Å². The first-order valence-corrected chi connectivity index (χ1v) is 2.81. The van der Waals surface area contributed by atoms with Crippen LogP contribution in [0, 0.1) is 0 Å². The molecule has 0 atom stereocenters. The van der Waals surface area contributed by atoms with E-state index < -0.39 is 55.5 Å². The maximum absolute atomic E-state index is 9.10. The van der Waals surface area contributed by atoms with Crippen molar-refractivity contribution in [2.45, 2.75) is 13.2 Å². The van der Waals surface area contributed by atoms with Gasteiger partial charge < -0.3 is 10.0 Å². The van der Waals surface area contributed by atoms with Gasteiger partial charge in [0, 0.05) is 6.85 Å². The Kier molecular flexibility index (Phi) is 0.757. The Bertz CT molecular complexity index is 540. The monoisotopic (exact) mass is 159 g/mol. The molecule has 2 nitrogen and oxygen atoms in total. The Hall–Kier alpha value is -0.795. The molecule has 0 aliphatic carbocycles. The Morgan fingerprint density at radius 1 is 1.73 bits per heavy atom. The average Bonchev–Trinajstić information content (AvgIpc) is 2.23. The van der Waals surface area contributed by atoms with Crippen LogP contribution in [-0.2, 0) is 6.37 Å². The number of hydrogen-bond acceptors (Lipinski definition) is 2. The van der Waals surface area contributed by atoms with Crippen LogP contribution in [0.4, 0.5) is 0 Å². The van der Waals surface area contributed by atoms with E-state index in [1.807, 2.05) is 0 Å². The van der Waals surface area contributed by atoms with Crippen molar-refractivity contribution in [3.8, 4) is 0 Å². The topological polar surface area (TPSA) is 40.5 Å². The summed E-state index contributed by atoms with van der Waals surface area (Å²) in [5.74, 6) is 0. The third-order valence-electron chi connectivity index (χ3n) is 1.03. The highest BCUT2D eigenvalue weighted by Crippen LogP contribution is 1.96. The van der Waals surface area contributed by atoms with Crippen molar-refractivity contribution >= 4 is 12.6 Å². The molecule has 1 rings (SSSR count). The predicted octanol–water partition coefficient (Wildman–Crippen LogP) is -0.0712. The van der Waals surface area contributed by atoms with Crippen LogP contribution in [0.1, 0.15) is 24.8 Å². The molecule has 1 aromatic carbocycles. The van der Waals surface area contributed by atoms with Crippen LogP contribution in [0.3, 0.4) is 0 Å². The molecule has 0 amide bonds. The fraction of sp³-hybridized carbons (Fsp3) is 0.250. The Morgan fingerprint density at radius 2 is 2.55 bits per heavy atom. The van der Waals surface area contributed by atoms with Crippen LogP contribution in [0.25, 0.3) is 0 Å². The maximum atomic E-state index is 9.10. The second-order valence-electron chi connectivity index (χ2n) is 1.79. The molecule has 3 heteroatoms. The minimum Gasteiger partial charge on any atom is -0.423 e. The van der Waals surface area contributed by atoms with Crippen molar-refractivity contribution in [2.75, 3.05) is 0 Å². The van der Waals surface area contributed by atoms with E-state index >= 15 is 0 Å². The summed E-state index contributed by atoms with van der Waals surface area (Å²) >= 11 is 0. The van der Waals surface area contributed by atoms with Crippen molar-refractivity contribution in [3.63, 3.8) is 0 Å². The van der Waals surface area contributed by atoms with Gasteiger partial charge in [0.15, 0.2) is 0 Å². The van der Waals surface area contributed by atoms with E-state index in [-0.39, 0.29) is 0 Å². The summed E-state index contributed by atoms with van der Waals surface area (Å²) < 4.78 is 66.7. The van der Waals surface area contributed by atoms with Gasteiger partial charge in [0.05, 0.1) is 5.48 Å². The first kappa shape index (κ1) is 2.34. The molecule has 0 heterocycles. The zero-order chi connectivity index (χ0) is 16.0. The molecule has 0 aliphatic rings. The largest absolute Gasteiger partial charge is 0.488 e. The lowest BCUT2D eigenvalue weighted by Crippen LogP contribution is -2.29. The van der Waals surface area contributed by atoms with Gasteiger partial charge in [0.25, 0.3) is 0 Å². The summed E-state index contributed by atoms with van der Waals surface area (Å²) in [5, 5.41) is 18.2. The second kappa shape index (κ2) is 3.55. The second-order valence-corrected chi connectivity index (χ2v) is 1.79. The molecule has 2 N–H and O–H groups in total. The highest BCUT2D eigenvalue weighted by atomic mass is 16.4. The zero-order valence-corrected chi connectivity index (χ0v) is 5.47. The molecule has 0 radical (unpaired) electrons. The van der Waals surface area contributed by atoms with Crippen LogP contribution in [0.5, 0.6) is 0 Å². The first-order valence-electron chi connectivity index (χ1n) is 7.31. The van der Waals surface area contributed by atoms with Crippen molar-refractivity contribution in [1.82, 2.24) is 0 Å². The van der Waals surface area contributed by atoms with E-state index in [9.17, 15) is 0 Å². The summed E-state index contributed by atoms with van der Waals surface area (Å²) in [5.41, 5.74) is -1.75. The molecule has 0 unspecified atom stereocenters. The molecule has 0 fully saturated rings. The van der Waals surface area contributed by atoms with E-state index in [0.717, 1.165) is 0 Å². The lowest BCUT2D eigenvalue weighted by atomic mass is 9.79. The smallest absolute Gasteiger partial charge is 0.423 e. The quantitative estimate of drug-likeness (QED) is 0.593. The summed E-state index contributed by atoms with van der Waals surface area (Å²) in [7, 11) is -2.34. The minimum absolute atomic E-state index is 0.797. The van der Waals surface area contributed by atoms with E-state index in [1.165, 1.54) is 0 Å². The molecule has 1 aromatic rings. The van der Waals surface area contributed by atoms with Gasteiger partial charge in [0.1, 0.15) is 0 Å². The van der Waals surface area contributed by atoms with Crippen LogP contribution in [0.2, 0.25) is 0 Å². The highest BCUT2D eigenvalue weighted by Gasteiger charge is 2.09. The number of rotatable bonds is 2. The molecule has 0 spiro atoms. The third-order valence-corrected chi connectivity index (χ3v) is 1.03. The summed E-state index contributed by atoms with van der Waals surface area (Å²) in [6, 6.07) is -3.58. The van der Waals surface area contributed by atoms with Gasteiger partial charge in [-0.05, 0) is 17.4 Å². The van der Waals surface area contributed by atoms with E-state index in [2.05, 4.69) is 0 Å². The standard InChI is InChI=1S/C8H11BO2/c1-2-7-4-3-5-8(6-7)9(10)11/h3-6,10-11H,2H2,1H3/i1D3,2D2,3D,4D,5D,6D. The molecule has 0 saturated heterocycles. The van der Waals surface area contributed by atoms with Gasteiger partial charge in [-0.2, -0.15) is 0 Å². The first-order chi connectivity index (χ1) is 8.84. The minimum atomic E-state index is -3.22. The van der Waals surface area contributed by atoms with Gasteiger partial charge in [-0.25, -0.2) is 0 Å². The molecular formula is C8H11BO2. The van der Waals surface area contributed by atoms with Gasteiger partial charge >= 0.3 is 7.12 Å². The molecule has 0 saturated carbocycles. The highest BCUT2D eigenvalue weighted by molar-refractivity contribution is 6.58. The van der Waals surface area contributed by atoms with Crippen molar-refractivity contribution in [2.24, 2.45) is 0 Å². The maximum Gasteiger partial charge on any atom is 0.488 e. The molecular weight excluding hydrogens is 139 g/mol. The summed E-state index contributed by atoms with van der Waals surface area (Å²) in [4.78, 5) is 0. The number of hydrogen-bond donors (Lipinski definition) is 2. The summed E-state index contributed by atoms with van der Waals surface area (Å²) in [6.45, 7) is -3.22. The third kappa shape index (κ3) is 2.07. The van der Waals surface area contributed by atoms with Gasteiger partial charge in [-0.1, -0.05) is 31.0 Å². The molecule has 0 aliphatic heterocycles. The Morgan fingerprint density at radius 3 is 3.18 bits per heavy atom. The van der Waals surface area contributed by atoms with Crippen LogP contribution < -0.4 is 5.46 Å². The van der Waals surface area contributed by atoms with Crippen LogP contribution in [0.15, 0.2) is 24.2 Å². The SMILES string of the molecule is [2H]c1c([2H])c(B(O)O)c([2H])c(C([2H])([2H])C([2H])([2H])[2H])c1[2H]. The van der Waals surface area contributed by atoms with E-state index in [4.69, 9.17) is 22.4 Å². The molecule has 0 aromatic heterocycles. The van der Waals surface area contributed by atoms with Gasteiger partial charge in [0.2, 0.25) is 0 Å². The fourth-order valence-electron chi connectivity index (χ4n) is 0.550. The molecule has 58 valence electrons. The predicted molar refractivity (Wildman–Crippen MR) is 45.6 cm³/mol. The zero-order valence-electron chi connectivity index (χ0n) is 14.5. The number of benzene rings is 1. The normalized spacial score (nSPS) is 24.0. The van der Waals surface area contributed by atoms with Crippen molar-refractivity contribution in [1.29, 1.82) is 0 Å². The lowest BCUT2D eigenvalue weighted by Gasteiger charge is -2.00. The van der Waals surface area contributed by atoms with Crippen molar-refractivity contribution in [3.05, 3.63) is 29.7 Å². The van der Waals surface area contributed by atoms with Gasteiger partial charge in [-0.15, -0.1) is 0 Å². The van der Waals surface area contributed by atoms with Crippen LogP contribution >= 0.6 is 0 Å². The van der Waals surface area contributed by atoms with E-state index in [1.54, 1.807) is 0 Å². The lowest BCUT2D eigenvalue weighted by molar-refractivity contribution is 0.425.